The van der Waals surface area contributed by atoms with E-state index in [0.29, 0.717) is 11.3 Å². The van der Waals surface area contributed by atoms with Crippen molar-refractivity contribution in [3.63, 3.8) is 0 Å². The summed E-state index contributed by atoms with van der Waals surface area (Å²) in [4.78, 5) is 32.4. The Morgan fingerprint density at radius 3 is 1.91 bits per heavy atom. The quantitative estimate of drug-likeness (QED) is 0.896. The maximum atomic E-state index is 12.9. The maximum absolute atomic E-state index is 12.9. The van der Waals surface area contributed by atoms with Crippen LogP contribution >= 0.6 is 0 Å². The van der Waals surface area contributed by atoms with E-state index < -0.39 is 6.09 Å². The summed E-state index contributed by atoms with van der Waals surface area (Å²) in [7, 11) is 0. The number of carbonyl (C=O) groups is 1. The Hall–Kier alpha value is -2.38. The summed E-state index contributed by atoms with van der Waals surface area (Å²) in [6.07, 6.45) is 7.30. The Balaban J connectivity index is 1.66. The van der Waals surface area contributed by atoms with Gasteiger partial charge >= 0.3 is 11.8 Å². The molecular formula is C15H19N5O3. The third-order valence-electron chi connectivity index (χ3n) is 4.83. The normalized spacial score (nSPS) is 24.7. The molecule has 23 heavy (non-hydrogen) atoms. The van der Waals surface area contributed by atoms with Gasteiger partial charge in [-0.2, -0.15) is 0 Å². The zero-order valence-corrected chi connectivity index (χ0v) is 12.7. The first-order valence-electron chi connectivity index (χ1n) is 8.08. The van der Waals surface area contributed by atoms with E-state index in [1.807, 2.05) is 0 Å². The summed E-state index contributed by atoms with van der Waals surface area (Å²) in [6, 6.07) is 0.295. The van der Waals surface area contributed by atoms with E-state index in [1.165, 1.54) is 0 Å². The van der Waals surface area contributed by atoms with Crippen LogP contribution in [0, 0.1) is 0 Å². The third-order valence-corrected chi connectivity index (χ3v) is 4.83. The number of hydrogen-bond acceptors (Lipinski definition) is 4. The van der Waals surface area contributed by atoms with Crippen LogP contribution in [0.15, 0.2) is 17.2 Å². The molecule has 0 unspecified atom stereocenters. The summed E-state index contributed by atoms with van der Waals surface area (Å²) in [5, 5.41) is 11.4. The Labute approximate surface area is 132 Å². The van der Waals surface area contributed by atoms with Crippen LogP contribution in [0.2, 0.25) is 0 Å². The molecule has 122 valence electrons. The Kier molecular flexibility index (Phi) is 3.32. The summed E-state index contributed by atoms with van der Waals surface area (Å²) in [6.45, 7) is 0. The summed E-state index contributed by atoms with van der Waals surface area (Å²) >= 11 is 0. The van der Waals surface area contributed by atoms with Crippen LogP contribution in [0.25, 0.3) is 11.3 Å². The first-order chi connectivity index (χ1) is 11.1. The molecule has 2 aromatic rings. The first kappa shape index (κ1) is 14.2. The lowest BCUT2D eigenvalue weighted by atomic mass is 9.91. The lowest BCUT2D eigenvalue weighted by Gasteiger charge is -2.28. The van der Waals surface area contributed by atoms with Gasteiger partial charge in [-0.3, -0.25) is 9.13 Å². The van der Waals surface area contributed by atoms with Crippen LogP contribution in [-0.4, -0.2) is 36.3 Å². The number of amides is 1. The fourth-order valence-electron chi connectivity index (χ4n) is 3.60. The van der Waals surface area contributed by atoms with E-state index in [-0.39, 0.29) is 23.8 Å². The number of nitrogens with one attached hydrogen (secondary N) is 1. The number of rotatable bonds is 3. The molecule has 8 nitrogen and oxygen atoms in total. The van der Waals surface area contributed by atoms with Crippen molar-refractivity contribution >= 4 is 17.4 Å². The van der Waals surface area contributed by atoms with E-state index in [4.69, 9.17) is 5.11 Å². The van der Waals surface area contributed by atoms with Gasteiger partial charge in [0.15, 0.2) is 11.3 Å². The molecule has 1 amide bonds. The topological polar surface area (TPSA) is 102 Å². The summed E-state index contributed by atoms with van der Waals surface area (Å²) in [5.74, 6) is 0. The fourth-order valence-corrected chi connectivity index (χ4v) is 3.60. The number of aromatic nitrogens is 4. The highest BCUT2D eigenvalue weighted by atomic mass is 16.4. The minimum absolute atomic E-state index is 0.0247. The van der Waals surface area contributed by atoms with Crippen LogP contribution in [0.3, 0.4) is 0 Å². The SMILES string of the molecule is O=C(O)N[C@H]1CC[C@H](n2c(=O)n(C3CC3)c3nccnc32)CC1. The molecule has 0 saturated heterocycles. The largest absolute Gasteiger partial charge is 0.465 e. The van der Waals surface area contributed by atoms with Crippen LogP contribution in [0.4, 0.5) is 4.79 Å². The second-order valence-electron chi connectivity index (χ2n) is 6.41. The van der Waals surface area contributed by atoms with Crippen molar-refractivity contribution in [2.75, 3.05) is 0 Å². The molecular weight excluding hydrogens is 298 g/mol. The number of imidazole rings is 1. The van der Waals surface area contributed by atoms with Gasteiger partial charge in [-0.25, -0.2) is 19.6 Å². The molecule has 2 N–H and O–H groups in total. The molecule has 8 heteroatoms. The molecule has 0 spiro atoms. The Bertz CT molecular complexity index is 799. The van der Waals surface area contributed by atoms with Crippen molar-refractivity contribution < 1.29 is 9.90 Å². The zero-order chi connectivity index (χ0) is 16.0. The predicted octanol–water partition coefficient (Wildman–Crippen LogP) is 1.68. The van der Waals surface area contributed by atoms with Gasteiger partial charge in [0.05, 0.1) is 0 Å². The molecule has 2 fully saturated rings. The minimum Gasteiger partial charge on any atom is -0.465 e. The number of hydrogen-bond donors (Lipinski definition) is 2. The first-order valence-corrected chi connectivity index (χ1v) is 8.08. The van der Waals surface area contributed by atoms with Gasteiger partial charge in [-0.15, -0.1) is 0 Å². The number of carboxylic acid groups (broad SMARTS) is 1. The number of fused-ring (bicyclic) bond motifs is 1. The highest BCUT2D eigenvalue weighted by Gasteiger charge is 2.33. The molecule has 2 saturated carbocycles. The van der Waals surface area contributed by atoms with Crippen molar-refractivity contribution in [3.05, 3.63) is 22.9 Å². The van der Waals surface area contributed by atoms with Crippen molar-refractivity contribution in [3.8, 4) is 0 Å². The van der Waals surface area contributed by atoms with E-state index in [1.54, 1.807) is 21.5 Å². The van der Waals surface area contributed by atoms with E-state index in [9.17, 15) is 9.59 Å². The second kappa shape index (κ2) is 5.36. The third kappa shape index (κ3) is 2.47. The van der Waals surface area contributed by atoms with Crippen LogP contribution in [-0.2, 0) is 0 Å². The molecule has 2 aromatic heterocycles. The lowest BCUT2D eigenvalue weighted by molar-refractivity contribution is 0.182. The number of nitrogens with zero attached hydrogens (tertiary/aromatic N) is 4. The molecule has 0 radical (unpaired) electrons. The molecule has 2 aliphatic rings. The van der Waals surface area contributed by atoms with Gasteiger partial charge in [-0.1, -0.05) is 0 Å². The maximum Gasteiger partial charge on any atom is 0.404 e. The van der Waals surface area contributed by atoms with Crippen molar-refractivity contribution in [2.24, 2.45) is 0 Å². The van der Waals surface area contributed by atoms with E-state index in [0.717, 1.165) is 38.5 Å². The van der Waals surface area contributed by atoms with Gasteiger partial charge in [0.25, 0.3) is 0 Å². The van der Waals surface area contributed by atoms with Crippen molar-refractivity contribution in [1.82, 2.24) is 24.4 Å². The molecule has 4 rings (SSSR count). The monoisotopic (exact) mass is 317 g/mol. The standard InChI is InChI=1S/C15H19N5O3/c21-14(22)18-9-1-3-10(4-2-9)19-12-13(17-8-7-16-12)20(15(19)23)11-5-6-11/h7-11,18H,1-6H2,(H,21,22)/t9-,10-. The van der Waals surface area contributed by atoms with Crippen molar-refractivity contribution in [2.45, 2.75) is 56.7 Å². The Morgan fingerprint density at radius 2 is 1.48 bits per heavy atom. The molecule has 2 aliphatic carbocycles. The average Bonchev–Trinajstić information content (AvgIpc) is 3.31. The minimum atomic E-state index is -0.984. The smallest absolute Gasteiger partial charge is 0.404 e. The zero-order valence-electron chi connectivity index (χ0n) is 12.7. The fraction of sp³-hybridized carbons (Fsp3) is 0.600. The lowest BCUT2D eigenvalue weighted by Crippen LogP contribution is -2.38. The van der Waals surface area contributed by atoms with Gasteiger partial charge in [0.1, 0.15) is 0 Å². The second-order valence-corrected chi connectivity index (χ2v) is 6.41. The van der Waals surface area contributed by atoms with Gasteiger partial charge in [-0.05, 0) is 38.5 Å². The predicted molar refractivity (Wildman–Crippen MR) is 82.5 cm³/mol. The molecule has 0 aliphatic heterocycles. The summed E-state index contributed by atoms with van der Waals surface area (Å²) in [5.41, 5.74) is 1.30. The highest BCUT2D eigenvalue weighted by molar-refractivity contribution is 5.67. The summed E-state index contributed by atoms with van der Waals surface area (Å²) < 4.78 is 3.56. The van der Waals surface area contributed by atoms with E-state index >= 15 is 0 Å². The van der Waals surface area contributed by atoms with Gasteiger partial charge in [0, 0.05) is 30.5 Å². The molecule has 0 atom stereocenters. The molecule has 0 aromatic carbocycles. The van der Waals surface area contributed by atoms with E-state index in [2.05, 4.69) is 15.3 Å². The average molecular weight is 317 g/mol. The van der Waals surface area contributed by atoms with Crippen molar-refractivity contribution in [1.29, 1.82) is 0 Å². The van der Waals surface area contributed by atoms with Gasteiger partial charge < -0.3 is 10.4 Å². The molecule has 0 bridgehead atoms. The highest BCUT2D eigenvalue weighted by Crippen LogP contribution is 2.37. The van der Waals surface area contributed by atoms with Gasteiger partial charge in [0.2, 0.25) is 0 Å². The Morgan fingerprint density at radius 1 is 1.00 bits per heavy atom. The van der Waals surface area contributed by atoms with Crippen LogP contribution in [0.1, 0.15) is 50.6 Å². The van der Waals surface area contributed by atoms with Crippen LogP contribution < -0.4 is 11.0 Å². The van der Waals surface area contributed by atoms with Crippen LogP contribution in [0.5, 0.6) is 0 Å². The molecule has 2 heterocycles.